The maximum atomic E-state index is 13.6. The van der Waals surface area contributed by atoms with Gasteiger partial charge in [0.25, 0.3) is 0 Å². The van der Waals surface area contributed by atoms with Gasteiger partial charge in [0, 0.05) is 22.8 Å². The van der Waals surface area contributed by atoms with Crippen LogP contribution in [0, 0.1) is 12.7 Å². The predicted octanol–water partition coefficient (Wildman–Crippen LogP) is 3.80. The highest BCUT2D eigenvalue weighted by molar-refractivity contribution is 9.10. The lowest BCUT2D eigenvalue weighted by atomic mass is 10.2. The molecule has 3 nitrogen and oxygen atoms in total. The van der Waals surface area contributed by atoms with Gasteiger partial charge in [0.1, 0.15) is 0 Å². The number of pyridine rings is 1. The molecular weight excluding hydrogens is 311 g/mol. The van der Waals surface area contributed by atoms with Crippen LogP contribution in [0.15, 0.2) is 34.8 Å². The molecule has 0 bridgehead atoms. The number of benzene rings is 1. The Balaban J connectivity index is 2.29. The van der Waals surface area contributed by atoms with Crippen LogP contribution in [0.2, 0.25) is 0 Å². The number of hydrogen-bond acceptors (Lipinski definition) is 3. The first-order chi connectivity index (χ1) is 9.08. The van der Waals surface area contributed by atoms with Gasteiger partial charge >= 0.3 is 0 Å². The third kappa shape index (κ3) is 3.75. The van der Waals surface area contributed by atoms with Crippen LogP contribution in [0.25, 0.3) is 0 Å². The number of nitrogens with one attached hydrogen (secondary N) is 1. The quantitative estimate of drug-likeness (QED) is 0.928. The molecule has 0 fully saturated rings. The Hall–Kier alpha value is -1.46. The molecule has 0 radical (unpaired) electrons. The smallest absolute Gasteiger partial charge is 0.219 e. The summed E-state index contributed by atoms with van der Waals surface area (Å²) in [5.41, 5.74) is 1.87. The zero-order valence-electron chi connectivity index (χ0n) is 10.7. The first kappa shape index (κ1) is 14.0. The molecule has 0 saturated heterocycles. The van der Waals surface area contributed by atoms with Crippen LogP contribution in [0.5, 0.6) is 11.6 Å². The number of aromatic nitrogens is 1. The SMILES string of the molecule is CNCc1cc(C)nc(Oc2cc(Br)ccc2F)c1. The van der Waals surface area contributed by atoms with Crippen LogP contribution >= 0.6 is 15.9 Å². The van der Waals surface area contributed by atoms with Gasteiger partial charge in [-0.25, -0.2) is 9.37 Å². The molecule has 0 saturated carbocycles. The van der Waals surface area contributed by atoms with Crippen molar-refractivity contribution in [1.29, 1.82) is 0 Å². The number of nitrogens with zero attached hydrogens (tertiary/aromatic N) is 1. The summed E-state index contributed by atoms with van der Waals surface area (Å²) in [6, 6.07) is 8.31. The van der Waals surface area contributed by atoms with Gasteiger partial charge in [-0.2, -0.15) is 0 Å². The van der Waals surface area contributed by atoms with E-state index >= 15 is 0 Å². The average molecular weight is 325 g/mol. The number of halogens is 2. The molecule has 1 N–H and O–H groups in total. The van der Waals surface area contributed by atoms with E-state index in [4.69, 9.17) is 4.74 Å². The van der Waals surface area contributed by atoms with Gasteiger partial charge in [0.15, 0.2) is 11.6 Å². The first-order valence-corrected chi connectivity index (χ1v) is 6.63. The number of aryl methyl sites for hydroxylation is 1. The first-order valence-electron chi connectivity index (χ1n) is 5.83. The molecule has 1 aromatic heterocycles. The molecule has 0 aliphatic heterocycles. The highest BCUT2D eigenvalue weighted by Gasteiger charge is 2.08. The van der Waals surface area contributed by atoms with E-state index in [-0.39, 0.29) is 5.75 Å². The third-order valence-electron chi connectivity index (χ3n) is 2.48. The van der Waals surface area contributed by atoms with Crippen LogP contribution in [0.1, 0.15) is 11.3 Å². The van der Waals surface area contributed by atoms with Crippen molar-refractivity contribution in [3.05, 3.63) is 51.9 Å². The molecule has 0 aliphatic carbocycles. The van der Waals surface area contributed by atoms with Crippen molar-refractivity contribution in [2.45, 2.75) is 13.5 Å². The molecule has 19 heavy (non-hydrogen) atoms. The molecule has 0 spiro atoms. The van der Waals surface area contributed by atoms with E-state index in [0.29, 0.717) is 12.4 Å². The van der Waals surface area contributed by atoms with Crippen LogP contribution < -0.4 is 10.1 Å². The Morgan fingerprint density at radius 1 is 1.32 bits per heavy atom. The van der Waals surface area contributed by atoms with Gasteiger partial charge in [-0.1, -0.05) is 15.9 Å². The summed E-state index contributed by atoms with van der Waals surface area (Å²) in [6.07, 6.45) is 0. The summed E-state index contributed by atoms with van der Waals surface area (Å²) >= 11 is 3.29. The predicted molar refractivity (Wildman–Crippen MR) is 75.9 cm³/mol. The molecule has 0 aliphatic rings. The summed E-state index contributed by atoms with van der Waals surface area (Å²) in [5, 5.41) is 3.06. The largest absolute Gasteiger partial charge is 0.436 e. The van der Waals surface area contributed by atoms with Gasteiger partial charge in [-0.15, -0.1) is 0 Å². The third-order valence-corrected chi connectivity index (χ3v) is 2.97. The maximum absolute atomic E-state index is 13.6. The lowest BCUT2D eigenvalue weighted by Crippen LogP contribution is -2.06. The number of ether oxygens (including phenoxy) is 1. The lowest BCUT2D eigenvalue weighted by molar-refractivity contribution is 0.425. The van der Waals surface area contributed by atoms with Crippen molar-refractivity contribution < 1.29 is 9.13 Å². The van der Waals surface area contributed by atoms with Crippen LogP contribution in [-0.2, 0) is 6.54 Å². The second-order valence-corrected chi connectivity index (χ2v) is 5.08. The molecule has 5 heteroatoms. The van der Waals surface area contributed by atoms with Crippen molar-refractivity contribution in [1.82, 2.24) is 10.3 Å². The molecule has 0 amide bonds. The van der Waals surface area contributed by atoms with E-state index in [1.54, 1.807) is 18.2 Å². The highest BCUT2D eigenvalue weighted by Crippen LogP contribution is 2.27. The number of rotatable bonds is 4. The Morgan fingerprint density at radius 2 is 2.11 bits per heavy atom. The summed E-state index contributed by atoms with van der Waals surface area (Å²) in [4.78, 5) is 4.25. The minimum Gasteiger partial charge on any atom is -0.436 e. The molecule has 0 atom stereocenters. The monoisotopic (exact) mass is 324 g/mol. The second kappa shape index (κ2) is 6.12. The maximum Gasteiger partial charge on any atom is 0.219 e. The average Bonchev–Trinajstić information content (AvgIpc) is 2.33. The van der Waals surface area contributed by atoms with Gasteiger partial charge in [0.2, 0.25) is 5.88 Å². The fourth-order valence-electron chi connectivity index (χ4n) is 1.73. The van der Waals surface area contributed by atoms with E-state index in [1.165, 1.54) is 6.07 Å². The summed E-state index contributed by atoms with van der Waals surface area (Å²) in [5.74, 6) is 0.131. The van der Waals surface area contributed by atoms with Crippen LogP contribution in [0.3, 0.4) is 0 Å². The van der Waals surface area contributed by atoms with Crippen molar-refractivity contribution in [3.8, 4) is 11.6 Å². The van der Waals surface area contributed by atoms with Gasteiger partial charge in [-0.3, -0.25) is 0 Å². The van der Waals surface area contributed by atoms with Gasteiger partial charge in [-0.05, 0) is 43.8 Å². The molecule has 1 heterocycles. The van der Waals surface area contributed by atoms with E-state index in [2.05, 4.69) is 26.2 Å². The van der Waals surface area contributed by atoms with Crippen LogP contribution in [0.4, 0.5) is 4.39 Å². The van der Waals surface area contributed by atoms with Crippen LogP contribution in [-0.4, -0.2) is 12.0 Å². The zero-order valence-corrected chi connectivity index (χ0v) is 12.3. The molecular formula is C14H14BrFN2O. The van der Waals surface area contributed by atoms with Gasteiger partial charge in [0.05, 0.1) is 0 Å². The molecule has 1 aromatic carbocycles. The summed E-state index contributed by atoms with van der Waals surface area (Å²) < 4.78 is 19.9. The van der Waals surface area contributed by atoms with E-state index < -0.39 is 5.82 Å². The molecule has 2 aromatic rings. The van der Waals surface area contributed by atoms with E-state index in [1.807, 2.05) is 20.0 Å². The minimum atomic E-state index is -0.415. The topological polar surface area (TPSA) is 34.2 Å². The molecule has 0 unspecified atom stereocenters. The van der Waals surface area contributed by atoms with Crippen molar-refractivity contribution in [2.75, 3.05) is 7.05 Å². The molecule has 2 rings (SSSR count). The van der Waals surface area contributed by atoms with Gasteiger partial charge < -0.3 is 10.1 Å². The fraction of sp³-hybridized carbons (Fsp3) is 0.214. The summed E-state index contributed by atoms with van der Waals surface area (Å²) in [6.45, 7) is 2.59. The molecule has 100 valence electrons. The van der Waals surface area contributed by atoms with E-state index in [0.717, 1.165) is 15.7 Å². The Kier molecular flexibility index (Phi) is 4.50. The zero-order chi connectivity index (χ0) is 13.8. The summed E-state index contributed by atoms with van der Waals surface area (Å²) in [7, 11) is 1.87. The van der Waals surface area contributed by atoms with Crippen molar-refractivity contribution in [2.24, 2.45) is 0 Å². The second-order valence-electron chi connectivity index (χ2n) is 4.16. The lowest BCUT2D eigenvalue weighted by Gasteiger charge is -2.09. The Bertz CT molecular complexity index is 590. The Morgan fingerprint density at radius 3 is 2.84 bits per heavy atom. The Labute approximate surface area is 119 Å². The van der Waals surface area contributed by atoms with E-state index in [9.17, 15) is 4.39 Å². The van der Waals surface area contributed by atoms with Crippen molar-refractivity contribution >= 4 is 15.9 Å². The normalized spacial score (nSPS) is 10.5. The van der Waals surface area contributed by atoms with Crippen molar-refractivity contribution in [3.63, 3.8) is 0 Å². The fourth-order valence-corrected chi connectivity index (χ4v) is 2.07. The standard InChI is InChI=1S/C14H14BrFN2O/c1-9-5-10(8-17-2)6-14(18-9)19-13-7-11(15)3-4-12(13)16/h3-7,17H,8H2,1-2H3. The minimum absolute atomic E-state index is 0.155. The highest BCUT2D eigenvalue weighted by atomic mass is 79.9. The number of hydrogen-bond donors (Lipinski definition) is 1.